The van der Waals surface area contributed by atoms with Gasteiger partial charge < -0.3 is 5.73 Å². The molecular weight excluding hydrogens is 411 g/mol. The van der Waals surface area contributed by atoms with Crippen LogP contribution in [0.2, 0.25) is 0 Å². The van der Waals surface area contributed by atoms with Gasteiger partial charge in [-0.1, -0.05) is 15.9 Å². The van der Waals surface area contributed by atoms with Gasteiger partial charge in [0, 0.05) is 18.5 Å². The highest BCUT2D eigenvalue weighted by molar-refractivity contribution is 14.1. The van der Waals surface area contributed by atoms with Crippen LogP contribution in [-0.2, 0) is 0 Å². The molecule has 1 heterocycles. The molecule has 2 aromatic rings. The number of halogens is 2. The topological polar surface area (TPSA) is 49.8 Å². The average molecular weight is 419 g/mol. The van der Waals surface area contributed by atoms with Crippen LogP contribution in [0, 0.1) is 21.8 Å². The Hall–Kier alpha value is -0.580. The Kier molecular flexibility index (Phi) is 3.76. The highest BCUT2D eigenvalue weighted by Crippen LogP contribution is 2.40. The van der Waals surface area contributed by atoms with Gasteiger partial charge in [0.1, 0.15) is 10.9 Å². The molecule has 0 fully saturated rings. The van der Waals surface area contributed by atoms with E-state index in [2.05, 4.69) is 50.7 Å². The van der Waals surface area contributed by atoms with Crippen LogP contribution in [0.1, 0.15) is 10.4 Å². The minimum absolute atomic E-state index is 0.591. The third kappa shape index (κ3) is 2.34. The van der Waals surface area contributed by atoms with Crippen LogP contribution in [-0.4, -0.2) is 0 Å². The summed E-state index contributed by atoms with van der Waals surface area (Å²) in [5.41, 5.74) is 8.62. The molecule has 2 nitrogen and oxygen atoms in total. The van der Waals surface area contributed by atoms with E-state index < -0.39 is 0 Å². The first-order chi connectivity index (χ1) is 8.04. The minimum Gasteiger partial charge on any atom is -0.397 e. The molecule has 0 bridgehead atoms. The maximum atomic E-state index is 9.00. The van der Waals surface area contributed by atoms with Crippen molar-refractivity contribution in [1.82, 2.24) is 0 Å². The van der Waals surface area contributed by atoms with Crippen LogP contribution in [0.3, 0.4) is 0 Å². The normalized spacial score (nSPS) is 10.2. The second-order valence-electron chi connectivity index (χ2n) is 3.53. The van der Waals surface area contributed by atoms with E-state index in [9.17, 15) is 0 Å². The molecule has 0 unspecified atom stereocenters. The lowest BCUT2D eigenvalue weighted by Crippen LogP contribution is -1.88. The molecule has 0 aliphatic carbocycles. The summed E-state index contributed by atoms with van der Waals surface area (Å²) in [6.07, 6.45) is 0. The molecule has 17 heavy (non-hydrogen) atoms. The summed E-state index contributed by atoms with van der Waals surface area (Å²) in [5, 5.41) is 9.00. The van der Waals surface area contributed by atoms with E-state index in [4.69, 9.17) is 11.0 Å². The lowest BCUT2D eigenvalue weighted by Gasteiger charge is -2.04. The molecule has 0 spiro atoms. The number of hydrogen-bond donors (Lipinski definition) is 1. The number of benzene rings is 1. The molecular formula is C12H8BrIN2S. The standard InChI is InChI=1S/C12H8BrIN2S/c1-6-11(16)10(5-15)17-12(6)8-4-7(13)2-3-9(8)14/h2-4H,16H2,1H3. The molecule has 5 heteroatoms. The predicted molar refractivity (Wildman–Crippen MR) is 84.0 cm³/mol. The van der Waals surface area contributed by atoms with E-state index in [1.165, 1.54) is 11.3 Å². The molecule has 0 amide bonds. The van der Waals surface area contributed by atoms with E-state index in [-0.39, 0.29) is 0 Å². The number of nitrogens with zero attached hydrogens (tertiary/aromatic N) is 1. The molecule has 86 valence electrons. The highest BCUT2D eigenvalue weighted by atomic mass is 127. The predicted octanol–water partition coefficient (Wildman–Crippen LogP) is 4.54. The summed E-state index contributed by atoms with van der Waals surface area (Å²) in [7, 11) is 0. The minimum atomic E-state index is 0.591. The van der Waals surface area contributed by atoms with E-state index in [0.29, 0.717) is 10.6 Å². The van der Waals surface area contributed by atoms with E-state index >= 15 is 0 Å². The van der Waals surface area contributed by atoms with Crippen LogP contribution >= 0.6 is 49.9 Å². The second-order valence-corrected chi connectivity index (χ2v) is 6.63. The van der Waals surface area contributed by atoms with Gasteiger partial charge in [-0.3, -0.25) is 0 Å². The molecule has 0 aliphatic heterocycles. The number of rotatable bonds is 1. The van der Waals surface area contributed by atoms with Gasteiger partial charge in [-0.25, -0.2) is 0 Å². The molecule has 1 aromatic heterocycles. The van der Waals surface area contributed by atoms with Crippen molar-refractivity contribution in [3.63, 3.8) is 0 Å². The SMILES string of the molecule is Cc1c(-c2cc(Br)ccc2I)sc(C#N)c1N. The van der Waals surface area contributed by atoms with Crippen molar-refractivity contribution >= 4 is 55.5 Å². The zero-order valence-electron chi connectivity index (χ0n) is 8.92. The van der Waals surface area contributed by atoms with E-state index in [1.807, 2.05) is 19.1 Å². The molecule has 2 N–H and O–H groups in total. The fraction of sp³-hybridized carbons (Fsp3) is 0.0833. The van der Waals surface area contributed by atoms with Crippen LogP contribution in [0.5, 0.6) is 0 Å². The van der Waals surface area contributed by atoms with Gasteiger partial charge in [0.05, 0.1) is 5.69 Å². The third-order valence-corrected chi connectivity index (χ3v) is 5.15. The van der Waals surface area contributed by atoms with Crippen LogP contribution in [0.15, 0.2) is 22.7 Å². The highest BCUT2D eigenvalue weighted by Gasteiger charge is 2.15. The van der Waals surface area contributed by atoms with Gasteiger partial charge in [-0.05, 0) is 53.3 Å². The quantitative estimate of drug-likeness (QED) is 0.691. The van der Waals surface area contributed by atoms with Crippen molar-refractivity contribution < 1.29 is 0 Å². The van der Waals surface area contributed by atoms with Crippen molar-refractivity contribution in [2.24, 2.45) is 0 Å². The molecule has 0 aliphatic rings. The summed E-state index contributed by atoms with van der Waals surface area (Å²) >= 11 is 7.21. The van der Waals surface area contributed by atoms with Gasteiger partial charge in [0.15, 0.2) is 0 Å². The first-order valence-corrected chi connectivity index (χ1v) is 7.47. The lowest BCUT2D eigenvalue weighted by molar-refractivity contribution is 1.49. The maximum Gasteiger partial charge on any atom is 0.128 e. The number of hydrogen-bond acceptors (Lipinski definition) is 3. The Morgan fingerprint density at radius 2 is 2.18 bits per heavy atom. The number of nitrogens with two attached hydrogens (primary N) is 1. The maximum absolute atomic E-state index is 9.00. The number of nitriles is 1. The Labute approximate surface area is 126 Å². The lowest BCUT2D eigenvalue weighted by atomic mass is 10.1. The van der Waals surface area contributed by atoms with Crippen molar-refractivity contribution in [3.8, 4) is 16.5 Å². The third-order valence-electron chi connectivity index (χ3n) is 2.47. The summed E-state index contributed by atoms with van der Waals surface area (Å²) in [6, 6.07) is 8.24. The van der Waals surface area contributed by atoms with Crippen molar-refractivity contribution in [1.29, 1.82) is 5.26 Å². The zero-order valence-corrected chi connectivity index (χ0v) is 13.5. The van der Waals surface area contributed by atoms with E-state index in [1.54, 1.807) is 0 Å². The molecule has 2 rings (SSSR count). The van der Waals surface area contributed by atoms with Gasteiger partial charge in [-0.15, -0.1) is 11.3 Å². The Balaban J connectivity index is 2.69. The molecule has 0 atom stereocenters. The van der Waals surface area contributed by atoms with Crippen LogP contribution < -0.4 is 5.73 Å². The van der Waals surface area contributed by atoms with Crippen molar-refractivity contribution in [2.75, 3.05) is 5.73 Å². The number of anilines is 1. The summed E-state index contributed by atoms with van der Waals surface area (Å²) in [6.45, 7) is 1.96. The van der Waals surface area contributed by atoms with Crippen molar-refractivity contribution in [3.05, 3.63) is 36.7 Å². The molecule has 0 saturated heterocycles. The van der Waals surface area contributed by atoms with Gasteiger partial charge >= 0.3 is 0 Å². The molecule has 1 aromatic carbocycles. The molecule has 0 saturated carbocycles. The first-order valence-electron chi connectivity index (χ1n) is 4.79. The van der Waals surface area contributed by atoms with Crippen molar-refractivity contribution in [2.45, 2.75) is 6.92 Å². The largest absolute Gasteiger partial charge is 0.397 e. The van der Waals surface area contributed by atoms with Gasteiger partial charge in [0.2, 0.25) is 0 Å². The Morgan fingerprint density at radius 3 is 2.76 bits per heavy atom. The summed E-state index contributed by atoms with van der Waals surface area (Å²) < 4.78 is 2.18. The average Bonchev–Trinajstić information content (AvgIpc) is 2.59. The number of nitrogen functional groups attached to an aromatic ring is 1. The fourth-order valence-electron chi connectivity index (χ4n) is 1.54. The molecule has 0 radical (unpaired) electrons. The summed E-state index contributed by atoms with van der Waals surface area (Å²) in [4.78, 5) is 1.66. The van der Waals surface area contributed by atoms with E-state index in [0.717, 1.165) is 24.0 Å². The monoisotopic (exact) mass is 418 g/mol. The van der Waals surface area contributed by atoms with Gasteiger partial charge in [0.25, 0.3) is 0 Å². The fourth-order valence-corrected chi connectivity index (χ4v) is 3.74. The van der Waals surface area contributed by atoms with Crippen LogP contribution in [0.25, 0.3) is 10.4 Å². The van der Waals surface area contributed by atoms with Gasteiger partial charge in [-0.2, -0.15) is 5.26 Å². The Morgan fingerprint density at radius 1 is 1.47 bits per heavy atom. The zero-order chi connectivity index (χ0) is 12.6. The number of thiophene rings is 1. The smallest absolute Gasteiger partial charge is 0.128 e. The second kappa shape index (κ2) is 4.96. The Bertz CT molecular complexity index is 628. The first kappa shape index (κ1) is 12.9. The van der Waals surface area contributed by atoms with Crippen LogP contribution in [0.4, 0.5) is 5.69 Å². The summed E-state index contributed by atoms with van der Waals surface area (Å²) in [5.74, 6) is 0.